The van der Waals surface area contributed by atoms with Gasteiger partial charge in [0.15, 0.2) is 5.78 Å². The number of ketones is 1. The Labute approximate surface area is 86.9 Å². The molecule has 15 heavy (non-hydrogen) atoms. The molecule has 0 aliphatic rings. The molecule has 4 heteroatoms. The molecule has 1 aromatic rings. The first-order chi connectivity index (χ1) is 7.15. The van der Waals surface area contributed by atoms with Crippen LogP contribution in [0.2, 0.25) is 0 Å². The van der Waals surface area contributed by atoms with Gasteiger partial charge in [-0.15, -0.1) is 0 Å². The summed E-state index contributed by atoms with van der Waals surface area (Å²) < 4.78 is 18.3. The zero-order valence-corrected chi connectivity index (χ0v) is 8.33. The molecule has 0 fully saturated rings. The maximum absolute atomic E-state index is 13.2. The van der Waals surface area contributed by atoms with E-state index in [4.69, 9.17) is 4.74 Å². The van der Waals surface area contributed by atoms with E-state index in [2.05, 4.69) is 0 Å². The molecule has 0 bridgehead atoms. The molecule has 0 spiro atoms. The first-order valence-corrected chi connectivity index (χ1v) is 4.52. The normalized spacial score (nSPS) is 9.73. The van der Waals surface area contributed by atoms with Crippen LogP contribution in [0, 0.1) is 5.82 Å². The Hall–Kier alpha value is -1.71. The Bertz CT molecular complexity index is 374. The fourth-order valence-electron chi connectivity index (χ4n) is 1.10. The number of halogens is 1. The van der Waals surface area contributed by atoms with Crippen LogP contribution >= 0.6 is 0 Å². The van der Waals surface area contributed by atoms with Crippen molar-refractivity contribution in [2.75, 3.05) is 6.61 Å². The van der Waals surface area contributed by atoms with Gasteiger partial charge < -0.3 is 9.53 Å². The number of carbonyl (C=O) groups excluding carboxylic acids is 2. The third-order valence-corrected chi connectivity index (χ3v) is 1.82. The second-order valence-corrected chi connectivity index (χ2v) is 3.00. The fraction of sp³-hybridized carbons (Fsp3) is 0.273. The van der Waals surface area contributed by atoms with Crippen molar-refractivity contribution in [3.8, 4) is 5.75 Å². The van der Waals surface area contributed by atoms with Gasteiger partial charge in [0.25, 0.3) is 0 Å². The van der Waals surface area contributed by atoms with E-state index in [0.29, 0.717) is 5.75 Å². The van der Waals surface area contributed by atoms with E-state index in [1.807, 2.05) is 0 Å². The van der Waals surface area contributed by atoms with Crippen LogP contribution in [-0.2, 0) is 4.79 Å². The number of carbonyl (C=O) groups is 2. The van der Waals surface area contributed by atoms with E-state index < -0.39 is 5.82 Å². The summed E-state index contributed by atoms with van der Waals surface area (Å²) in [6.45, 7) is 1.51. The van der Waals surface area contributed by atoms with Crippen molar-refractivity contribution in [2.45, 2.75) is 13.3 Å². The number of hydrogen-bond acceptors (Lipinski definition) is 3. The Balaban J connectivity index is 2.73. The van der Waals surface area contributed by atoms with Gasteiger partial charge in [-0.2, -0.15) is 0 Å². The van der Waals surface area contributed by atoms with E-state index >= 15 is 0 Å². The van der Waals surface area contributed by atoms with E-state index in [-0.39, 0.29) is 24.4 Å². The molecule has 0 radical (unpaired) electrons. The SMILES string of the molecule is CC(=O)c1ccc(OCCC=O)cc1F. The highest BCUT2D eigenvalue weighted by atomic mass is 19.1. The first-order valence-electron chi connectivity index (χ1n) is 4.52. The van der Waals surface area contributed by atoms with Crippen molar-refractivity contribution in [3.63, 3.8) is 0 Å². The number of Topliss-reactive ketones (excluding diaryl/α,β-unsaturated/α-hetero) is 1. The van der Waals surface area contributed by atoms with E-state index in [1.165, 1.54) is 19.1 Å². The van der Waals surface area contributed by atoms with E-state index in [0.717, 1.165) is 12.4 Å². The molecular weight excluding hydrogens is 199 g/mol. The van der Waals surface area contributed by atoms with Gasteiger partial charge in [-0.25, -0.2) is 4.39 Å². The third-order valence-electron chi connectivity index (χ3n) is 1.82. The second kappa shape index (κ2) is 5.24. The average molecular weight is 210 g/mol. The predicted octanol–water partition coefficient (Wildman–Crippen LogP) is 2.00. The number of benzene rings is 1. The average Bonchev–Trinajstić information content (AvgIpc) is 2.17. The van der Waals surface area contributed by atoms with Gasteiger partial charge in [0.05, 0.1) is 12.2 Å². The lowest BCUT2D eigenvalue weighted by molar-refractivity contribution is -0.108. The zero-order valence-electron chi connectivity index (χ0n) is 8.33. The van der Waals surface area contributed by atoms with Gasteiger partial charge in [-0.05, 0) is 19.1 Å². The lowest BCUT2D eigenvalue weighted by atomic mass is 10.1. The summed E-state index contributed by atoms with van der Waals surface area (Å²) in [6.07, 6.45) is 0.983. The highest BCUT2D eigenvalue weighted by Gasteiger charge is 2.07. The molecule has 1 rings (SSSR count). The minimum Gasteiger partial charge on any atom is -0.493 e. The van der Waals surface area contributed by atoms with Crippen molar-refractivity contribution in [3.05, 3.63) is 29.6 Å². The summed E-state index contributed by atoms with van der Waals surface area (Å²) in [5.74, 6) is -0.614. The molecule has 0 saturated carbocycles. The number of aldehydes is 1. The topological polar surface area (TPSA) is 43.4 Å². The van der Waals surface area contributed by atoms with Gasteiger partial charge in [0.2, 0.25) is 0 Å². The minimum atomic E-state index is -0.605. The molecule has 0 amide bonds. The molecule has 3 nitrogen and oxygen atoms in total. The Kier molecular flexibility index (Phi) is 3.97. The molecule has 0 unspecified atom stereocenters. The smallest absolute Gasteiger partial charge is 0.162 e. The van der Waals surface area contributed by atoms with Crippen LogP contribution < -0.4 is 4.74 Å². The van der Waals surface area contributed by atoms with Crippen LogP contribution in [-0.4, -0.2) is 18.7 Å². The molecule has 80 valence electrons. The van der Waals surface area contributed by atoms with E-state index in [1.54, 1.807) is 0 Å². The van der Waals surface area contributed by atoms with Gasteiger partial charge in [-0.3, -0.25) is 4.79 Å². The zero-order chi connectivity index (χ0) is 11.3. The van der Waals surface area contributed by atoms with Crippen LogP contribution in [0.25, 0.3) is 0 Å². The molecule has 0 atom stereocenters. The molecule has 0 aromatic heterocycles. The first kappa shape index (κ1) is 11.4. The highest BCUT2D eigenvalue weighted by Crippen LogP contribution is 2.17. The summed E-state index contributed by atoms with van der Waals surface area (Å²) in [7, 11) is 0. The van der Waals surface area contributed by atoms with Crippen molar-refractivity contribution in [1.29, 1.82) is 0 Å². The predicted molar refractivity (Wildman–Crippen MR) is 52.6 cm³/mol. The molecule has 0 saturated heterocycles. The number of rotatable bonds is 5. The third kappa shape index (κ3) is 3.16. The largest absolute Gasteiger partial charge is 0.493 e. The summed E-state index contributed by atoms with van der Waals surface area (Å²) in [4.78, 5) is 20.9. The highest BCUT2D eigenvalue weighted by molar-refractivity contribution is 5.94. The fourth-order valence-corrected chi connectivity index (χ4v) is 1.10. The van der Waals surface area contributed by atoms with Crippen LogP contribution in [0.1, 0.15) is 23.7 Å². The van der Waals surface area contributed by atoms with Gasteiger partial charge in [0, 0.05) is 12.5 Å². The van der Waals surface area contributed by atoms with Crippen molar-refractivity contribution in [1.82, 2.24) is 0 Å². The molecule has 1 aromatic carbocycles. The molecule has 0 aliphatic carbocycles. The summed E-state index contributed by atoms with van der Waals surface area (Å²) in [5.41, 5.74) is 0.0396. The Morgan fingerprint density at radius 2 is 2.27 bits per heavy atom. The van der Waals surface area contributed by atoms with Crippen LogP contribution in [0.4, 0.5) is 4.39 Å². The summed E-state index contributed by atoms with van der Waals surface area (Å²) in [6, 6.07) is 4.01. The maximum Gasteiger partial charge on any atom is 0.162 e. The maximum atomic E-state index is 13.2. The summed E-state index contributed by atoms with van der Waals surface area (Å²) in [5, 5.41) is 0. The Morgan fingerprint density at radius 1 is 1.53 bits per heavy atom. The minimum absolute atomic E-state index is 0.0396. The number of ether oxygens (including phenoxy) is 1. The van der Waals surface area contributed by atoms with Crippen molar-refractivity contribution < 1.29 is 18.7 Å². The van der Waals surface area contributed by atoms with Crippen LogP contribution in [0.5, 0.6) is 5.75 Å². The van der Waals surface area contributed by atoms with Gasteiger partial charge in [-0.1, -0.05) is 0 Å². The van der Waals surface area contributed by atoms with Crippen molar-refractivity contribution in [2.24, 2.45) is 0 Å². The quantitative estimate of drug-likeness (QED) is 0.424. The lowest BCUT2D eigenvalue weighted by Crippen LogP contribution is -2.01. The van der Waals surface area contributed by atoms with Gasteiger partial charge >= 0.3 is 0 Å². The second-order valence-electron chi connectivity index (χ2n) is 3.00. The van der Waals surface area contributed by atoms with Crippen LogP contribution in [0.3, 0.4) is 0 Å². The summed E-state index contributed by atoms with van der Waals surface area (Å²) >= 11 is 0. The molecule has 0 heterocycles. The van der Waals surface area contributed by atoms with Crippen LogP contribution in [0.15, 0.2) is 18.2 Å². The number of hydrogen-bond donors (Lipinski definition) is 0. The Morgan fingerprint density at radius 3 is 2.80 bits per heavy atom. The molecule has 0 N–H and O–H groups in total. The molecule has 0 aliphatic heterocycles. The molecular formula is C11H11FO3. The van der Waals surface area contributed by atoms with Gasteiger partial charge in [0.1, 0.15) is 17.9 Å². The van der Waals surface area contributed by atoms with Crippen molar-refractivity contribution >= 4 is 12.1 Å². The standard InChI is InChI=1S/C11H11FO3/c1-8(14)10-4-3-9(7-11(10)12)15-6-2-5-13/h3-5,7H,2,6H2,1H3. The van der Waals surface area contributed by atoms with E-state index in [9.17, 15) is 14.0 Å². The lowest BCUT2D eigenvalue weighted by Gasteiger charge is -2.05. The monoisotopic (exact) mass is 210 g/mol.